The number of rotatable bonds is 0. The van der Waals surface area contributed by atoms with Crippen molar-refractivity contribution in [2.45, 2.75) is 0 Å². The van der Waals surface area contributed by atoms with Gasteiger partial charge in [-0.15, -0.1) is 0 Å². The molecular weight excluding hydrogens is 220 g/mol. The average Bonchev–Trinajstić information content (AvgIpc) is 0.592. The van der Waals surface area contributed by atoms with E-state index in [1.165, 1.54) is 6.66 Å². The SMILES string of the molecule is C[P-](Cl)(Cl)(Cl)(Cl)Cl. The van der Waals surface area contributed by atoms with Crippen molar-refractivity contribution in [3.8, 4) is 0 Å². The summed E-state index contributed by atoms with van der Waals surface area (Å²) in [6.45, 7) is 1.19. The van der Waals surface area contributed by atoms with Crippen LogP contribution >= 0.6 is 58.9 Å². The second-order valence-corrected chi connectivity index (χ2v) is 24.9. The van der Waals surface area contributed by atoms with E-state index in [1.54, 1.807) is 0 Å². The van der Waals surface area contributed by atoms with Crippen LogP contribution < -0.4 is 0 Å². The van der Waals surface area contributed by atoms with E-state index in [0.717, 1.165) is 0 Å². The number of halogens is 5. The Kier molecular flexibility index (Phi) is 1.66. The zero-order chi connectivity index (χ0) is 6.41. The minimum atomic E-state index is -4.30. The maximum atomic E-state index is 5.24. The van der Waals surface area contributed by atoms with Gasteiger partial charge in [-0.05, 0) is 0 Å². The third kappa shape index (κ3) is 77.1. The first-order valence-electron chi connectivity index (χ1n) is 1.29. The Morgan fingerprint density at radius 3 is 0.857 bits per heavy atom. The molecule has 0 atom stereocenters. The molecular formula is CH3Cl5P-. The van der Waals surface area contributed by atoms with Gasteiger partial charge in [0.2, 0.25) is 0 Å². The molecule has 0 bridgehead atoms. The molecule has 0 saturated heterocycles. The Hall–Kier alpha value is 1.88. The third-order valence-electron chi connectivity index (χ3n) is 0. The molecule has 7 heavy (non-hydrogen) atoms. The molecule has 0 aliphatic rings. The average molecular weight is 223 g/mol. The quantitative estimate of drug-likeness (QED) is 0.531. The molecule has 0 radical (unpaired) electrons. The molecule has 0 amide bonds. The molecule has 0 heterocycles. The van der Waals surface area contributed by atoms with Gasteiger partial charge in [0, 0.05) is 0 Å². The van der Waals surface area contributed by atoms with Crippen LogP contribution in [0, 0.1) is 0 Å². The number of hydrogen-bond donors (Lipinski definition) is 0. The summed E-state index contributed by atoms with van der Waals surface area (Å²) >= 11 is 26.2. The van der Waals surface area contributed by atoms with Gasteiger partial charge >= 0.3 is 65.6 Å². The summed E-state index contributed by atoms with van der Waals surface area (Å²) < 4.78 is -4.30. The summed E-state index contributed by atoms with van der Waals surface area (Å²) in [5.41, 5.74) is 0. The molecule has 0 saturated carbocycles. The fourth-order valence-electron chi connectivity index (χ4n) is 0. The van der Waals surface area contributed by atoms with E-state index in [-0.39, 0.29) is 0 Å². The van der Waals surface area contributed by atoms with Gasteiger partial charge in [0.15, 0.2) is 0 Å². The van der Waals surface area contributed by atoms with Crippen LogP contribution in [0.2, 0.25) is 0 Å². The molecule has 0 N–H and O–H groups in total. The molecule has 6 heteroatoms. The molecule has 0 aromatic heterocycles. The van der Waals surface area contributed by atoms with E-state index < -0.39 is 2.71 Å². The Morgan fingerprint density at radius 1 is 0.857 bits per heavy atom. The summed E-state index contributed by atoms with van der Waals surface area (Å²) in [7, 11) is 0. The minimum absolute atomic E-state index is 1.19. The molecule has 48 valence electrons. The first-order chi connectivity index (χ1) is 2.45. The van der Waals surface area contributed by atoms with E-state index in [4.69, 9.17) is 56.2 Å². The Bertz CT molecular complexity index is 66.6. The first kappa shape index (κ1) is 8.88. The van der Waals surface area contributed by atoms with Crippen molar-refractivity contribution in [2.24, 2.45) is 0 Å². The van der Waals surface area contributed by atoms with Gasteiger partial charge in [0.25, 0.3) is 0 Å². The van der Waals surface area contributed by atoms with Crippen LogP contribution in [0.4, 0.5) is 0 Å². The molecule has 0 fully saturated rings. The third-order valence-corrected chi connectivity index (χ3v) is 0. The van der Waals surface area contributed by atoms with Crippen molar-refractivity contribution in [1.29, 1.82) is 0 Å². The summed E-state index contributed by atoms with van der Waals surface area (Å²) in [4.78, 5) is 0. The molecule has 0 rings (SSSR count). The van der Waals surface area contributed by atoms with Gasteiger partial charge in [0.1, 0.15) is 0 Å². The predicted octanol–water partition coefficient (Wildman–Crippen LogP) is 4.47. The zero-order valence-corrected chi connectivity index (χ0v) is 8.01. The summed E-state index contributed by atoms with van der Waals surface area (Å²) in [6.07, 6.45) is 0. The van der Waals surface area contributed by atoms with Gasteiger partial charge in [-0.3, -0.25) is 0 Å². The maximum absolute atomic E-state index is 5.24. The van der Waals surface area contributed by atoms with Crippen molar-refractivity contribution in [2.75, 3.05) is 6.66 Å². The second-order valence-electron chi connectivity index (χ2n) is 1.48. The van der Waals surface area contributed by atoms with E-state index in [1.807, 2.05) is 0 Å². The summed E-state index contributed by atoms with van der Waals surface area (Å²) in [5.74, 6) is 0. The van der Waals surface area contributed by atoms with Crippen LogP contribution in [0.5, 0.6) is 0 Å². The van der Waals surface area contributed by atoms with E-state index in [9.17, 15) is 0 Å². The fourth-order valence-corrected chi connectivity index (χ4v) is 0. The summed E-state index contributed by atoms with van der Waals surface area (Å²) in [6, 6.07) is 0. The van der Waals surface area contributed by atoms with Crippen LogP contribution in [-0.2, 0) is 0 Å². The van der Waals surface area contributed by atoms with Crippen molar-refractivity contribution in [1.82, 2.24) is 0 Å². The van der Waals surface area contributed by atoms with E-state index in [2.05, 4.69) is 0 Å². The van der Waals surface area contributed by atoms with Crippen molar-refractivity contribution in [3.05, 3.63) is 0 Å². The normalized spacial score (nSPS) is 23.1. The topological polar surface area (TPSA) is 0 Å². The molecule has 0 spiro atoms. The van der Waals surface area contributed by atoms with Gasteiger partial charge < -0.3 is 0 Å². The first-order valence-corrected chi connectivity index (χ1v) is 8.95. The molecule has 0 aliphatic heterocycles. The fraction of sp³-hybridized carbons (Fsp3) is 1.00. The standard InChI is InChI=1S/CH3Cl5P/c1-7(2,3,4,5)6/h1H3/q-1. The van der Waals surface area contributed by atoms with E-state index >= 15 is 0 Å². The second kappa shape index (κ2) is 1.31. The molecule has 0 unspecified atom stereocenters. The molecule has 0 aromatic carbocycles. The summed E-state index contributed by atoms with van der Waals surface area (Å²) in [5, 5.41) is 0. The van der Waals surface area contributed by atoms with E-state index in [0.29, 0.717) is 0 Å². The molecule has 0 aliphatic carbocycles. The monoisotopic (exact) mass is 221 g/mol. The van der Waals surface area contributed by atoms with Crippen LogP contribution in [0.3, 0.4) is 0 Å². The Labute approximate surface area is 65.5 Å². The Morgan fingerprint density at radius 2 is 0.857 bits per heavy atom. The van der Waals surface area contributed by atoms with Crippen molar-refractivity contribution >= 4 is 58.9 Å². The van der Waals surface area contributed by atoms with Crippen LogP contribution in [0.25, 0.3) is 0 Å². The van der Waals surface area contributed by atoms with Gasteiger partial charge in [-0.25, -0.2) is 0 Å². The van der Waals surface area contributed by atoms with Crippen molar-refractivity contribution < 1.29 is 0 Å². The number of hydrogen-bond acceptors (Lipinski definition) is 0. The molecule has 0 nitrogen and oxygen atoms in total. The van der Waals surface area contributed by atoms with Crippen LogP contribution in [0.15, 0.2) is 0 Å². The predicted molar refractivity (Wildman–Crippen MR) is 42.1 cm³/mol. The molecule has 0 aromatic rings. The van der Waals surface area contributed by atoms with Crippen molar-refractivity contribution in [3.63, 3.8) is 0 Å². The van der Waals surface area contributed by atoms with Gasteiger partial charge in [-0.1, -0.05) is 0 Å². The van der Waals surface area contributed by atoms with Crippen LogP contribution in [-0.4, -0.2) is 6.66 Å². The van der Waals surface area contributed by atoms with Gasteiger partial charge in [0.05, 0.1) is 0 Å². The zero-order valence-electron chi connectivity index (χ0n) is 3.34. The van der Waals surface area contributed by atoms with Gasteiger partial charge in [-0.2, -0.15) is 0 Å². The van der Waals surface area contributed by atoms with Crippen LogP contribution in [0.1, 0.15) is 0 Å². The Balaban J connectivity index is 4.43.